The van der Waals surface area contributed by atoms with Crippen LogP contribution in [0.25, 0.3) is 0 Å². The van der Waals surface area contributed by atoms with E-state index in [0.717, 1.165) is 5.56 Å². The number of aromatic hydroxyl groups is 1. The molecule has 0 amide bonds. The molecule has 1 rings (SSSR count). The Labute approximate surface area is 87.6 Å². The van der Waals surface area contributed by atoms with E-state index in [1.807, 2.05) is 0 Å². The quantitative estimate of drug-likeness (QED) is 0.469. The zero-order valence-corrected chi connectivity index (χ0v) is 8.22. The van der Waals surface area contributed by atoms with Gasteiger partial charge in [0.05, 0.1) is 0 Å². The molecule has 0 fully saturated rings. The summed E-state index contributed by atoms with van der Waals surface area (Å²) in [5, 5.41) is 9.04. The first-order valence-electron chi connectivity index (χ1n) is 4.53. The fourth-order valence-electron chi connectivity index (χ4n) is 1.16. The van der Waals surface area contributed by atoms with Gasteiger partial charge in [-0.25, -0.2) is 0 Å². The van der Waals surface area contributed by atoms with Crippen molar-refractivity contribution in [2.75, 3.05) is 6.73 Å². The van der Waals surface area contributed by atoms with E-state index in [0.29, 0.717) is 6.42 Å². The summed E-state index contributed by atoms with van der Waals surface area (Å²) in [6.07, 6.45) is 0.360. The average Bonchev–Trinajstić information content (AvgIpc) is 2.22. The fourth-order valence-corrected chi connectivity index (χ4v) is 1.16. The SMILES string of the molecule is NCOC(=O)[C@@H](N)Cc1ccc(O)cc1. The first kappa shape index (κ1) is 11.5. The Morgan fingerprint density at radius 1 is 1.40 bits per heavy atom. The van der Waals surface area contributed by atoms with Crippen molar-refractivity contribution in [1.29, 1.82) is 0 Å². The number of carbonyl (C=O) groups excluding carboxylic acids is 1. The monoisotopic (exact) mass is 210 g/mol. The summed E-state index contributed by atoms with van der Waals surface area (Å²) < 4.78 is 4.56. The van der Waals surface area contributed by atoms with Gasteiger partial charge in [-0.15, -0.1) is 0 Å². The van der Waals surface area contributed by atoms with Crippen LogP contribution in [0.1, 0.15) is 5.56 Å². The lowest BCUT2D eigenvalue weighted by Crippen LogP contribution is -2.35. The Morgan fingerprint density at radius 3 is 2.53 bits per heavy atom. The summed E-state index contributed by atoms with van der Waals surface area (Å²) in [4.78, 5) is 11.1. The van der Waals surface area contributed by atoms with Crippen LogP contribution in [-0.2, 0) is 16.0 Å². The van der Waals surface area contributed by atoms with Gasteiger partial charge in [0, 0.05) is 0 Å². The van der Waals surface area contributed by atoms with Crippen molar-refractivity contribution < 1.29 is 14.6 Å². The summed E-state index contributed by atoms with van der Waals surface area (Å²) in [5.41, 5.74) is 11.5. The molecular formula is C10H14N2O3. The number of carbonyl (C=O) groups is 1. The average molecular weight is 210 g/mol. The van der Waals surface area contributed by atoms with Crippen molar-refractivity contribution in [1.82, 2.24) is 0 Å². The van der Waals surface area contributed by atoms with Gasteiger partial charge in [0.1, 0.15) is 18.5 Å². The number of benzene rings is 1. The predicted octanol–water partition coefficient (Wildman–Crippen LogP) is -0.279. The lowest BCUT2D eigenvalue weighted by Gasteiger charge is -2.10. The molecule has 0 radical (unpaired) electrons. The molecule has 15 heavy (non-hydrogen) atoms. The molecule has 0 bridgehead atoms. The molecule has 0 unspecified atom stereocenters. The van der Waals surface area contributed by atoms with Crippen molar-refractivity contribution in [2.24, 2.45) is 11.5 Å². The highest BCUT2D eigenvalue weighted by Crippen LogP contribution is 2.11. The van der Waals surface area contributed by atoms with E-state index >= 15 is 0 Å². The van der Waals surface area contributed by atoms with Gasteiger partial charge in [-0.3, -0.25) is 10.5 Å². The minimum Gasteiger partial charge on any atom is -0.508 e. The number of phenols is 1. The van der Waals surface area contributed by atoms with Crippen molar-refractivity contribution in [3.63, 3.8) is 0 Å². The normalized spacial score (nSPS) is 12.1. The van der Waals surface area contributed by atoms with Crippen LogP contribution >= 0.6 is 0 Å². The molecule has 0 saturated carbocycles. The van der Waals surface area contributed by atoms with Gasteiger partial charge < -0.3 is 15.6 Å². The van der Waals surface area contributed by atoms with E-state index in [1.54, 1.807) is 12.1 Å². The highest BCUT2D eigenvalue weighted by molar-refractivity contribution is 5.75. The molecule has 1 atom stereocenters. The third-order valence-corrected chi connectivity index (χ3v) is 1.92. The smallest absolute Gasteiger partial charge is 0.324 e. The van der Waals surface area contributed by atoms with Crippen molar-refractivity contribution >= 4 is 5.97 Å². The van der Waals surface area contributed by atoms with Crippen LogP contribution in [0, 0.1) is 0 Å². The molecule has 5 nitrogen and oxygen atoms in total. The van der Waals surface area contributed by atoms with Gasteiger partial charge in [-0.05, 0) is 24.1 Å². The van der Waals surface area contributed by atoms with E-state index in [4.69, 9.17) is 16.6 Å². The highest BCUT2D eigenvalue weighted by Gasteiger charge is 2.14. The number of ether oxygens (including phenoxy) is 1. The lowest BCUT2D eigenvalue weighted by molar-refractivity contribution is -0.144. The zero-order chi connectivity index (χ0) is 11.3. The Hall–Kier alpha value is -1.59. The third-order valence-electron chi connectivity index (χ3n) is 1.92. The number of hydrogen-bond donors (Lipinski definition) is 3. The van der Waals surface area contributed by atoms with Crippen LogP contribution in [0.15, 0.2) is 24.3 Å². The number of esters is 1. The maximum atomic E-state index is 11.1. The second-order valence-electron chi connectivity index (χ2n) is 3.11. The number of phenolic OH excluding ortho intramolecular Hbond substituents is 1. The molecule has 0 aliphatic heterocycles. The Kier molecular flexibility index (Phi) is 4.08. The first-order valence-corrected chi connectivity index (χ1v) is 4.53. The van der Waals surface area contributed by atoms with Gasteiger partial charge in [0.2, 0.25) is 0 Å². The van der Waals surface area contributed by atoms with Gasteiger partial charge in [0.25, 0.3) is 0 Å². The van der Waals surface area contributed by atoms with E-state index in [1.165, 1.54) is 12.1 Å². The lowest BCUT2D eigenvalue weighted by atomic mass is 10.1. The van der Waals surface area contributed by atoms with E-state index in [2.05, 4.69) is 4.74 Å². The highest BCUT2D eigenvalue weighted by atomic mass is 16.5. The van der Waals surface area contributed by atoms with Crippen LogP contribution in [-0.4, -0.2) is 23.8 Å². The summed E-state index contributed by atoms with van der Waals surface area (Å²) >= 11 is 0. The van der Waals surface area contributed by atoms with Gasteiger partial charge >= 0.3 is 5.97 Å². The summed E-state index contributed by atoms with van der Waals surface area (Å²) in [7, 11) is 0. The minimum atomic E-state index is -0.724. The van der Waals surface area contributed by atoms with E-state index in [-0.39, 0.29) is 12.5 Å². The summed E-state index contributed by atoms with van der Waals surface area (Å²) in [6.45, 7) is -0.165. The van der Waals surface area contributed by atoms with Crippen molar-refractivity contribution in [3.05, 3.63) is 29.8 Å². The molecule has 82 valence electrons. The van der Waals surface area contributed by atoms with Crippen LogP contribution in [0.4, 0.5) is 0 Å². The van der Waals surface area contributed by atoms with Gasteiger partial charge in [-0.2, -0.15) is 0 Å². The van der Waals surface area contributed by atoms with Gasteiger partial charge in [0.15, 0.2) is 0 Å². The maximum absolute atomic E-state index is 11.1. The van der Waals surface area contributed by atoms with Gasteiger partial charge in [-0.1, -0.05) is 12.1 Å². The number of nitrogens with two attached hydrogens (primary N) is 2. The first-order chi connectivity index (χ1) is 7.13. The molecule has 0 heterocycles. The Balaban J connectivity index is 2.54. The molecule has 0 spiro atoms. The van der Waals surface area contributed by atoms with E-state index in [9.17, 15) is 4.79 Å². The number of hydrogen-bond acceptors (Lipinski definition) is 5. The molecule has 5 heteroatoms. The fraction of sp³-hybridized carbons (Fsp3) is 0.300. The zero-order valence-electron chi connectivity index (χ0n) is 8.22. The molecule has 1 aromatic rings. The van der Waals surface area contributed by atoms with Crippen LogP contribution in [0.2, 0.25) is 0 Å². The third kappa shape index (κ3) is 3.57. The summed E-state index contributed by atoms with van der Waals surface area (Å²) in [5.74, 6) is -0.345. The molecule has 0 aliphatic carbocycles. The standard InChI is InChI=1S/C10H14N2O3/c11-6-15-10(14)9(12)5-7-1-3-8(13)4-2-7/h1-4,9,13H,5-6,11-12H2/t9-/m0/s1. The number of rotatable bonds is 4. The Morgan fingerprint density at radius 2 is 2.00 bits per heavy atom. The topological polar surface area (TPSA) is 98.6 Å². The summed E-state index contributed by atoms with van der Waals surface area (Å²) in [6, 6.07) is 5.75. The Bertz CT molecular complexity index is 324. The second kappa shape index (κ2) is 5.33. The molecule has 5 N–H and O–H groups in total. The van der Waals surface area contributed by atoms with Crippen molar-refractivity contribution in [3.8, 4) is 5.75 Å². The van der Waals surface area contributed by atoms with Crippen LogP contribution < -0.4 is 11.5 Å². The molecular weight excluding hydrogens is 196 g/mol. The van der Waals surface area contributed by atoms with Crippen molar-refractivity contribution in [2.45, 2.75) is 12.5 Å². The molecule has 1 aromatic carbocycles. The van der Waals surface area contributed by atoms with E-state index < -0.39 is 12.0 Å². The maximum Gasteiger partial charge on any atom is 0.324 e. The van der Waals surface area contributed by atoms with Crippen LogP contribution in [0.5, 0.6) is 5.75 Å². The largest absolute Gasteiger partial charge is 0.508 e. The minimum absolute atomic E-state index is 0.165. The molecule has 0 aromatic heterocycles. The predicted molar refractivity (Wildman–Crippen MR) is 54.9 cm³/mol. The molecule has 0 saturated heterocycles. The second-order valence-corrected chi connectivity index (χ2v) is 3.11. The molecule has 0 aliphatic rings. The van der Waals surface area contributed by atoms with Crippen LogP contribution in [0.3, 0.4) is 0 Å².